The molecular formula is C17H19N3O2S. The molecule has 0 spiro atoms. The molecule has 120 valence electrons. The Hall–Kier alpha value is -2.52. The molecule has 2 N–H and O–H groups in total. The molecule has 0 amide bonds. The van der Waals surface area contributed by atoms with Crippen molar-refractivity contribution in [1.29, 1.82) is 5.26 Å². The molecular weight excluding hydrogens is 310 g/mol. The predicted octanol–water partition coefficient (Wildman–Crippen LogP) is 3.24. The third kappa shape index (κ3) is 4.73. The summed E-state index contributed by atoms with van der Waals surface area (Å²) in [6.45, 7) is 4.05. The van der Waals surface area contributed by atoms with E-state index < -0.39 is 10.0 Å². The maximum absolute atomic E-state index is 11.6. The molecule has 0 aliphatic carbocycles. The first-order chi connectivity index (χ1) is 10.9. The molecule has 0 bridgehead atoms. The number of nitrogens with zero attached hydrogens (tertiary/aromatic N) is 1. The van der Waals surface area contributed by atoms with Crippen LogP contribution in [0.25, 0.3) is 0 Å². The van der Waals surface area contributed by atoms with Gasteiger partial charge in [0.2, 0.25) is 10.0 Å². The standard InChI is InChI=1S/C17H19N3O2S/c1-3-23(21,22)20-17-8-7-16(9-13(17)2)19-12-15-6-4-5-14(10-15)11-18/h4-10,19-20H,3,12H2,1-2H3. The van der Waals surface area contributed by atoms with E-state index in [0.29, 0.717) is 17.8 Å². The maximum atomic E-state index is 11.6. The van der Waals surface area contributed by atoms with E-state index in [1.807, 2.05) is 37.3 Å². The van der Waals surface area contributed by atoms with Crippen molar-refractivity contribution in [2.45, 2.75) is 20.4 Å². The smallest absolute Gasteiger partial charge is 0.232 e. The monoisotopic (exact) mass is 329 g/mol. The Bertz CT molecular complexity index is 839. The van der Waals surface area contributed by atoms with Crippen LogP contribution >= 0.6 is 0 Å². The highest BCUT2D eigenvalue weighted by Gasteiger charge is 2.09. The van der Waals surface area contributed by atoms with E-state index >= 15 is 0 Å². The van der Waals surface area contributed by atoms with Crippen LogP contribution in [-0.4, -0.2) is 14.2 Å². The van der Waals surface area contributed by atoms with E-state index in [9.17, 15) is 8.42 Å². The summed E-state index contributed by atoms with van der Waals surface area (Å²) in [5, 5.41) is 12.2. The second-order valence-electron chi connectivity index (χ2n) is 5.20. The fourth-order valence-corrected chi connectivity index (χ4v) is 2.79. The number of anilines is 2. The van der Waals surface area contributed by atoms with Gasteiger partial charge in [0.25, 0.3) is 0 Å². The quantitative estimate of drug-likeness (QED) is 0.852. The topological polar surface area (TPSA) is 82.0 Å². The minimum Gasteiger partial charge on any atom is -0.381 e. The zero-order valence-electron chi connectivity index (χ0n) is 13.1. The summed E-state index contributed by atoms with van der Waals surface area (Å²) < 4.78 is 25.8. The molecule has 0 unspecified atom stereocenters. The highest BCUT2D eigenvalue weighted by Crippen LogP contribution is 2.21. The number of hydrogen-bond acceptors (Lipinski definition) is 4. The van der Waals surface area contributed by atoms with Gasteiger partial charge >= 0.3 is 0 Å². The van der Waals surface area contributed by atoms with Gasteiger partial charge in [-0.1, -0.05) is 12.1 Å². The number of hydrogen-bond donors (Lipinski definition) is 2. The summed E-state index contributed by atoms with van der Waals surface area (Å²) in [5.41, 5.74) is 3.97. The average Bonchev–Trinajstić information content (AvgIpc) is 2.55. The van der Waals surface area contributed by atoms with E-state index in [0.717, 1.165) is 16.8 Å². The molecule has 0 radical (unpaired) electrons. The van der Waals surface area contributed by atoms with Crippen LogP contribution in [0.1, 0.15) is 23.6 Å². The van der Waals surface area contributed by atoms with Gasteiger partial charge < -0.3 is 5.32 Å². The largest absolute Gasteiger partial charge is 0.381 e. The number of nitrogens with one attached hydrogen (secondary N) is 2. The minimum atomic E-state index is -3.27. The van der Waals surface area contributed by atoms with Crippen LogP contribution in [0.3, 0.4) is 0 Å². The average molecular weight is 329 g/mol. The summed E-state index contributed by atoms with van der Waals surface area (Å²) in [7, 11) is -3.27. The molecule has 0 fully saturated rings. The second kappa shape index (κ2) is 7.16. The number of aryl methyl sites for hydroxylation is 1. The van der Waals surface area contributed by atoms with E-state index in [1.165, 1.54) is 0 Å². The first-order valence-corrected chi connectivity index (χ1v) is 8.93. The Morgan fingerprint density at radius 2 is 1.96 bits per heavy atom. The third-order valence-corrected chi connectivity index (χ3v) is 4.72. The van der Waals surface area contributed by atoms with Crippen LogP contribution < -0.4 is 10.0 Å². The molecule has 0 aliphatic heterocycles. The fourth-order valence-electron chi connectivity index (χ4n) is 2.08. The third-order valence-electron chi connectivity index (χ3n) is 3.42. The van der Waals surface area contributed by atoms with Gasteiger partial charge in [-0.15, -0.1) is 0 Å². The Morgan fingerprint density at radius 1 is 1.17 bits per heavy atom. The highest BCUT2D eigenvalue weighted by atomic mass is 32.2. The zero-order valence-corrected chi connectivity index (χ0v) is 13.9. The van der Waals surface area contributed by atoms with Gasteiger partial charge in [-0.25, -0.2) is 8.42 Å². The van der Waals surface area contributed by atoms with Crippen LogP contribution in [-0.2, 0) is 16.6 Å². The summed E-state index contributed by atoms with van der Waals surface area (Å²) >= 11 is 0. The molecule has 0 aliphatic rings. The number of rotatable bonds is 6. The Morgan fingerprint density at radius 3 is 2.61 bits per heavy atom. The van der Waals surface area contributed by atoms with Crippen molar-refractivity contribution in [3.63, 3.8) is 0 Å². The number of sulfonamides is 1. The SMILES string of the molecule is CCS(=O)(=O)Nc1ccc(NCc2cccc(C#N)c2)cc1C. The second-order valence-corrected chi connectivity index (χ2v) is 7.21. The summed E-state index contributed by atoms with van der Waals surface area (Å²) in [6.07, 6.45) is 0. The van der Waals surface area contributed by atoms with E-state index in [4.69, 9.17) is 5.26 Å². The van der Waals surface area contributed by atoms with Gasteiger partial charge in [-0.3, -0.25) is 4.72 Å². The zero-order chi connectivity index (χ0) is 16.9. The van der Waals surface area contributed by atoms with Gasteiger partial charge in [-0.05, 0) is 55.3 Å². The van der Waals surface area contributed by atoms with Crippen molar-refractivity contribution in [2.24, 2.45) is 0 Å². The molecule has 5 nitrogen and oxygen atoms in total. The Labute approximate surface area is 137 Å². The minimum absolute atomic E-state index is 0.0433. The molecule has 23 heavy (non-hydrogen) atoms. The van der Waals surface area contributed by atoms with E-state index in [-0.39, 0.29) is 5.75 Å². The molecule has 0 saturated heterocycles. The molecule has 2 rings (SSSR count). The normalized spacial score (nSPS) is 10.8. The van der Waals surface area contributed by atoms with Gasteiger partial charge in [0.15, 0.2) is 0 Å². The van der Waals surface area contributed by atoms with E-state index in [2.05, 4.69) is 16.1 Å². The van der Waals surface area contributed by atoms with Gasteiger partial charge in [0.05, 0.1) is 23.1 Å². The Kier molecular flexibility index (Phi) is 5.24. The van der Waals surface area contributed by atoms with Crippen molar-refractivity contribution >= 4 is 21.4 Å². The number of benzene rings is 2. The van der Waals surface area contributed by atoms with Crippen LogP contribution in [0.5, 0.6) is 0 Å². The van der Waals surface area contributed by atoms with Gasteiger partial charge in [0, 0.05) is 12.2 Å². The molecule has 0 atom stereocenters. The Balaban J connectivity index is 2.07. The highest BCUT2D eigenvalue weighted by molar-refractivity contribution is 7.92. The fraction of sp³-hybridized carbons (Fsp3) is 0.235. The van der Waals surface area contributed by atoms with Crippen LogP contribution in [0.15, 0.2) is 42.5 Å². The molecule has 2 aromatic carbocycles. The van der Waals surface area contributed by atoms with Gasteiger partial charge in [-0.2, -0.15) is 5.26 Å². The van der Waals surface area contributed by atoms with E-state index in [1.54, 1.807) is 19.1 Å². The van der Waals surface area contributed by atoms with Crippen molar-refractivity contribution in [1.82, 2.24) is 0 Å². The van der Waals surface area contributed by atoms with Crippen molar-refractivity contribution in [3.05, 3.63) is 59.2 Å². The number of nitriles is 1. The van der Waals surface area contributed by atoms with Crippen molar-refractivity contribution < 1.29 is 8.42 Å². The summed E-state index contributed by atoms with van der Waals surface area (Å²) in [6, 6.07) is 15.0. The molecule has 6 heteroatoms. The predicted molar refractivity (Wildman–Crippen MR) is 92.7 cm³/mol. The molecule has 2 aromatic rings. The lowest BCUT2D eigenvalue weighted by Crippen LogP contribution is -2.15. The molecule has 0 heterocycles. The lowest BCUT2D eigenvalue weighted by atomic mass is 10.1. The van der Waals surface area contributed by atoms with Crippen molar-refractivity contribution in [3.8, 4) is 6.07 Å². The van der Waals surface area contributed by atoms with Crippen molar-refractivity contribution in [2.75, 3.05) is 15.8 Å². The maximum Gasteiger partial charge on any atom is 0.232 e. The lowest BCUT2D eigenvalue weighted by Gasteiger charge is -2.12. The molecule has 0 saturated carbocycles. The summed E-state index contributed by atoms with van der Waals surface area (Å²) in [4.78, 5) is 0. The van der Waals surface area contributed by atoms with Gasteiger partial charge in [0.1, 0.15) is 0 Å². The first-order valence-electron chi connectivity index (χ1n) is 7.27. The van der Waals surface area contributed by atoms with Crippen LogP contribution in [0.4, 0.5) is 11.4 Å². The first kappa shape index (κ1) is 16.8. The van der Waals surface area contributed by atoms with Crippen LogP contribution in [0, 0.1) is 18.3 Å². The molecule has 0 aromatic heterocycles. The van der Waals surface area contributed by atoms with Crippen LogP contribution in [0.2, 0.25) is 0 Å². The summed E-state index contributed by atoms with van der Waals surface area (Å²) in [5.74, 6) is 0.0433. The lowest BCUT2D eigenvalue weighted by molar-refractivity contribution is 0.602.